The molecule has 0 radical (unpaired) electrons. The molecule has 1 aliphatic heterocycles. The lowest BCUT2D eigenvalue weighted by Crippen LogP contribution is -2.56. The van der Waals surface area contributed by atoms with Crippen molar-refractivity contribution in [1.29, 1.82) is 0 Å². The second-order valence-electron chi connectivity index (χ2n) is 5.01. The Bertz CT molecular complexity index is 321. The van der Waals surface area contributed by atoms with Crippen LogP contribution in [0.25, 0.3) is 0 Å². The van der Waals surface area contributed by atoms with E-state index in [0.29, 0.717) is 13.2 Å². The van der Waals surface area contributed by atoms with Gasteiger partial charge in [-0.2, -0.15) is 0 Å². The fourth-order valence-electron chi connectivity index (χ4n) is 1.80. The van der Waals surface area contributed by atoms with E-state index >= 15 is 0 Å². The third kappa shape index (κ3) is 3.60. The van der Waals surface area contributed by atoms with Crippen LogP contribution < -0.4 is 5.32 Å². The molecule has 104 valence electrons. The fraction of sp³-hybridized carbons (Fsp3) is 0.833. The summed E-state index contributed by atoms with van der Waals surface area (Å²) in [6, 6.07) is -0.618. The minimum absolute atomic E-state index is 0.00790. The van der Waals surface area contributed by atoms with Gasteiger partial charge >= 0.3 is 12.0 Å². The van der Waals surface area contributed by atoms with Gasteiger partial charge in [0.1, 0.15) is 0 Å². The van der Waals surface area contributed by atoms with Crippen molar-refractivity contribution in [2.24, 2.45) is 5.92 Å². The van der Waals surface area contributed by atoms with Crippen LogP contribution in [0.4, 0.5) is 4.79 Å². The van der Waals surface area contributed by atoms with Crippen LogP contribution in [-0.4, -0.2) is 53.3 Å². The molecule has 0 saturated carbocycles. The van der Waals surface area contributed by atoms with Crippen molar-refractivity contribution in [2.45, 2.75) is 45.9 Å². The van der Waals surface area contributed by atoms with Gasteiger partial charge in [0.2, 0.25) is 0 Å². The van der Waals surface area contributed by atoms with Crippen molar-refractivity contribution < 1.29 is 19.4 Å². The van der Waals surface area contributed by atoms with Crippen LogP contribution in [0.5, 0.6) is 0 Å². The van der Waals surface area contributed by atoms with Gasteiger partial charge in [-0.1, -0.05) is 0 Å². The van der Waals surface area contributed by atoms with Crippen molar-refractivity contribution in [2.75, 3.05) is 13.2 Å². The standard InChI is InChI=1S/C12H22N2O4/c1-7-6-18-8(2)5-14(7)12(17)13-10(4)9(3)11(15)16/h7-10H,5-6H2,1-4H3,(H,13,17)(H,15,16). The first-order valence-electron chi connectivity index (χ1n) is 6.24. The highest BCUT2D eigenvalue weighted by molar-refractivity contribution is 5.77. The predicted molar refractivity (Wildman–Crippen MR) is 66.4 cm³/mol. The number of hydrogen-bond acceptors (Lipinski definition) is 3. The van der Waals surface area contributed by atoms with Crippen LogP contribution in [0.3, 0.4) is 0 Å². The Kier molecular flexibility index (Phi) is 4.95. The summed E-state index contributed by atoms with van der Waals surface area (Å²) in [5, 5.41) is 11.6. The molecule has 0 aromatic rings. The molecule has 0 spiro atoms. The third-order valence-corrected chi connectivity index (χ3v) is 3.36. The number of nitrogens with one attached hydrogen (secondary N) is 1. The van der Waals surface area contributed by atoms with E-state index < -0.39 is 17.9 Å². The normalized spacial score (nSPS) is 27.4. The zero-order valence-corrected chi connectivity index (χ0v) is 11.3. The van der Waals surface area contributed by atoms with Crippen molar-refractivity contribution >= 4 is 12.0 Å². The summed E-state index contributed by atoms with van der Waals surface area (Å²) in [7, 11) is 0. The minimum atomic E-state index is -0.911. The second-order valence-corrected chi connectivity index (χ2v) is 5.01. The highest BCUT2D eigenvalue weighted by atomic mass is 16.5. The maximum atomic E-state index is 12.1. The van der Waals surface area contributed by atoms with Crippen LogP contribution in [-0.2, 0) is 9.53 Å². The smallest absolute Gasteiger partial charge is 0.318 e. The monoisotopic (exact) mass is 258 g/mol. The quantitative estimate of drug-likeness (QED) is 0.788. The summed E-state index contributed by atoms with van der Waals surface area (Å²) in [5.74, 6) is -1.52. The highest BCUT2D eigenvalue weighted by Crippen LogP contribution is 2.12. The molecular formula is C12H22N2O4. The number of carboxylic acid groups (broad SMARTS) is 1. The van der Waals surface area contributed by atoms with Gasteiger partial charge in [-0.25, -0.2) is 4.79 Å². The van der Waals surface area contributed by atoms with Crippen molar-refractivity contribution in [3.05, 3.63) is 0 Å². The van der Waals surface area contributed by atoms with E-state index in [9.17, 15) is 9.59 Å². The van der Waals surface area contributed by atoms with Crippen molar-refractivity contribution in [3.63, 3.8) is 0 Å². The van der Waals surface area contributed by atoms with E-state index in [-0.39, 0.29) is 18.2 Å². The molecule has 4 atom stereocenters. The van der Waals surface area contributed by atoms with Crippen LogP contribution in [0.15, 0.2) is 0 Å². The maximum Gasteiger partial charge on any atom is 0.318 e. The first-order valence-corrected chi connectivity index (χ1v) is 6.24. The van der Waals surface area contributed by atoms with Gasteiger partial charge in [0, 0.05) is 12.6 Å². The first-order chi connectivity index (χ1) is 8.32. The number of aliphatic carboxylic acids is 1. The van der Waals surface area contributed by atoms with Crippen molar-refractivity contribution in [3.8, 4) is 0 Å². The molecule has 1 rings (SSSR count). The molecule has 0 aromatic carbocycles. The summed E-state index contributed by atoms with van der Waals surface area (Å²) < 4.78 is 5.45. The lowest BCUT2D eigenvalue weighted by Gasteiger charge is -2.37. The molecule has 1 heterocycles. The Labute approximate surface area is 107 Å². The predicted octanol–water partition coefficient (Wildman–Crippen LogP) is 0.914. The third-order valence-electron chi connectivity index (χ3n) is 3.36. The lowest BCUT2D eigenvalue weighted by atomic mass is 10.0. The van der Waals surface area contributed by atoms with Crippen molar-refractivity contribution in [1.82, 2.24) is 10.2 Å². The molecule has 0 bridgehead atoms. The molecule has 1 aliphatic rings. The average molecular weight is 258 g/mol. The van der Waals surface area contributed by atoms with E-state index in [1.807, 2.05) is 13.8 Å². The molecule has 6 nitrogen and oxygen atoms in total. The number of rotatable bonds is 3. The number of carbonyl (C=O) groups excluding carboxylic acids is 1. The van der Waals surface area contributed by atoms with E-state index in [1.165, 1.54) is 0 Å². The van der Waals surface area contributed by atoms with E-state index in [0.717, 1.165) is 0 Å². The molecule has 1 fully saturated rings. The van der Waals surface area contributed by atoms with Gasteiger partial charge in [0.05, 0.1) is 24.7 Å². The number of hydrogen-bond donors (Lipinski definition) is 2. The number of carboxylic acids is 1. The van der Waals surface area contributed by atoms with E-state index in [2.05, 4.69) is 5.32 Å². The van der Waals surface area contributed by atoms with E-state index in [4.69, 9.17) is 9.84 Å². The Morgan fingerprint density at radius 3 is 2.56 bits per heavy atom. The largest absolute Gasteiger partial charge is 0.481 e. The summed E-state index contributed by atoms with van der Waals surface area (Å²) in [6.45, 7) is 8.15. The summed E-state index contributed by atoms with van der Waals surface area (Å²) in [5.41, 5.74) is 0. The zero-order chi connectivity index (χ0) is 13.9. The first kappa shape index (κ1) is 14.8. The van der Waals surface area contributed by atoms with Gasteiger partial charge in [0.25, 0.3) is 0 Å². The maximum absolute atomic E-state index is 12.1. The Balaban J connectivity index is 2.56. The summed E-state index contributed by atoms with van der Waals surface area (Å²) in [6.07, 6.45) is 0.0131. The fourth-order valence-corrected chi connectivity index (χ4v) is 1.80. The topological polar surface area (TPSA) is 78.9 Å². The molecule has 2 amide bonds. The minimum Gasteiger partial charge on any atom is -0.481 e. The summed E-state index contributed by atoms with van der Waals surface area (Å²) >= 11 is 0. The summed E-state index contributed by atoms with van der Waals surface area (Å²) in [4.78, 5) is 24.6. The van der Waals surface area contributed by atoms with Crippen LogP contribution in [0, 0.1) is 5.92 Å². The number of morpholine rings is 1. The SMILES string of the molecule is CC1CN(C(=O)NC(C)C(C)C(=O)O)C(C)CO1. The molecule has 4 unspecified atom stereocenters. The zero-order valence-electron chi connectivity index (χ0n) is 11.3. The molecule has 0 aromatic heterocycles. The molecule has 6 heteroatoms. The van der Waals surface area contributed by atoms with Gasteiger partial charge in [0.15, 0.2) is 0 Å². The van der Waals surface area contributed by atoms with Crippen LogP contribution >= 0.6 is 0 Å². The average Bonchev–Trinajstić information content (AvgIpc) is 2.30. The van der Waals surface area contributed by atoms with Crippen LogP contribution in [0.2, 0.25) is 0 Å². The number of ether oxygens (including phenoxy) is 1. The Morgan fingerprint density at radius 2 is 2.00 bits per heavy atom. The number of nitrogens with zero attached hydrogens (tertiary/aromatic N) is 1. The molecule has 1 saturated heterocycles. The number of amides is 2. The van der Waals surface area contributed by atoms with Crippen LogP contribution in [0.1, 0.15) is 27.7 Å². The van der Waals surface area contributed by atoms with Gasteiger partial charge in [-0.05, 0) is 27.7 Å². The van der Waals surface area contributed by atoms with Gasteiger partial charge in [-0.15, -0.1) is 0 Å². The Morgan fingerprint density at radius 1 is 1.39 bits per heavy atom. The Hall–Kier alpha value is -1.30. The molecule has 0 aliphatic carbocycles. The second kappa shape index (κ2) is 6.04. The van der Waals surface area contributed by atoms with Gasteiger partial charge in [-0.3, -0.25) is 4.79 Å². The number of carbonyl (C=O) groups is 2. The molecular weight excluding hydrogens is 236 g/mol. The highest BCUT2D eigenvalue weighted by Gasteiger charge is 2.29. The van der Waals surface area contributed by atoms with Gasteiger partial charge < -0.3 is 20.1 Å². The number of urea groups is 1. The molecule has 18 heavy (non-hydrogen) atoms. The molecule has 2 N–H and O–H groups in total. The lowest BCUT2D eigenvalue weighted by molar-refractivity contribution is -0.141. The van der Waals surface area contributed by atoms with E-state index in [1.54, 1.807) is 18.7 Å².